The van der Waals surface area contributed by atoms with Crippen molar-refractivity contribution < 1.29 is 14.3 Å². The quantitative estimate of drug-likeness (QED) is 0.587. The lowest BCUT2D eigenvalue weighted by Gasteiger charge is -2.07. The average molecular weight is 277 g/mol. The molecule has 1 amide bonds. The van der Waals surface area contributed by atoms with E-state index in [4.69, 9.17) is 9.47 Å². The fourth-order valence-corrected chi connectivity index (χ4v) is 1.78. The number of unbranched alkanes of at least 4 members (excludes halogenated alkanes) is 2. The largest absolute Gasteiger partial charge is 0.497 e. The number of rotatable bonds is 8. The Hall–Kier alpha value is -1.97. The number of hydrogen-bond acceptors (Lipinski definition) is 3. The van der Waals surface area contributed by atoms with Gasteiger partial charge in [0, 0.05) is 18.2 Å². The van der Waals surface area contributed by atoms with Gasteiger partial charge in [-0.25, -0.2) is 0 Å². The lowest BCUT2D eigenvalue weighted by atomic mass is 10.1. The number of methoxy groups -OCH3 is 2. The molecule has 0 aromatic heterocycles. The standard InChI is InChI=1S/C16H23NO3/c1-4-5-6-11-17-16(18)10-7-13-12-14(19-2)8-9-15(13)20-3/h7-10,12H,4-6,11H2,1-3H3,(H,17,18)/b10-7-. The number of nitrogens with one attached hydrogen (secondary N) is 1. The number of ether oxygens (including phenoxy) is 2. The van der Waals surface area contributed by atoms with Gasteiger partial charge < -0.3 is 14.8 Å². The van der Waals surface area contributed by atoms with Gasteiger partial charge in [0.2, 0.25) is 5.91 Å². The lowest BCUT2D eigenvalue weighted by Crippen LogP contribution is -2.21. The summed E-state index contributed by atoms with van der Waals surface area (Å²) in [6, 6.07) is 5.47. The van der Waals surface area contributed by atoms with E-state index in [9.17, 15) is 4.79 Å². The van der Waals surface area contributed by atoms with E-state index in [0.29, 0.717) is 12.3 Å². The zero-order chi connectivity index (χ0) is 14.8. The molecule has 0 spiro atoms. The van der Waals surface area contributed by atoms with Crippen molar-refractivity contribution in [2.45, 2.75) is 26.2 Å². The van der Waals surface area contributed by atoms with Crippen molar-refractivity contribution >= 4 is 12.0 Å². The summed E-state index contributed by atoms with van der Waals surface area (Å²) in [6.07, 6.45) is 6.54. The van der Waals surface area contributed by atoms with Gasteiger partial charge >= 0.3 is 0 Å². The van der Waals surface area contributed by atoms with Crippen molar-refractivity contribution in [2.75, 3.05) is 20.8 Å². The van der Waals surface area contributed by atoms with Crippen molar-refractivity contribution in [3.05, 3.63) is 29.8 Å². The highest BCUT2D eigenvalue weighted by atomic mass is 16.5. The van der Waals surface area contributed by atoms with Crippen LogP contribution in [0.2, 0.25) is 0 Å². The summed E-state index contributed by atoms with van der Waals surface area (Å²) < 4.78 is 10.4. The summed E-state index contributed by atoms with van der Waals surface area (Å²) in [6.45, 7) is 2.85. The minimum Gasteiger partial charge on any atom is -0.497 e. The number of benzene rings is 1. The molecular weight excluding hydrogens is 254 g/mol. The predicted molar refractivity (Wildman–Crippen MR) is 81.1 cm³/mol. The topological polar surface area (TPSA) is 47.6 Å². The summed E-state index contributed by atoms with van der Waals surface area (Å²) in [5, 5.41) is 2.86. The zero-order valence-corrected chi connectivity index (χ0v) is 12.4. The molecule has 1 aromatic rings. The van der Waals surface area contributed by atoms with Gasteiger partial charge in [-0.3, -0.25) is 4.79 Å². The molecular formula is C16H23NO3. The molecule has 1 rings (SSSR count). The molecule has 0 aliphatic heterocycles. The van der Waals surface area contributed by atoms with Crippen LogP contribution in [0.15, 0.2) is 24.3 Å². The predicted octanol–water partition coefficient (Wildman–Crippen LogP) is 3.02. The Labute approximate surface area is 120 Å². The number of carbonyl (C=O) groups is 1. The van der Waals surface area contributed by atoms with Gasteiger partial charge in [-0.05, 0) is 30.7 Å². The van der Waals surface area contributed by atoms with E-state index in [1.54, 1.807) is 20.3 Å². The van der Waals surface area contributed by atoms with E-state index in [0.717, 1.165) is 30.6 Å². The van der Waals surface area contributed by atoms with Gasteiger partial charge in [0.25, 0.3) is 0 Å². The van der Waals surface area contributed by atoms with Crippen LogP contribution < -0.4 is 14.8 Å². The summed E-state index contributed by atoms with van der Waals surface area (Å²) in [7, 11) is 3.21. The molecule has 110 valence electrons. The zero-order valence-electron chi connectivity index (χ0n) is 12.4. The molecule has 4 nitrogen and oxygen atoms in total. The Bertz CT molecular complexity index is 455. The second-order valence-electron chi connectivity index (χ2n) is 4.44. The fourth-order valence-electron chi connectivity index (χ4n) is 1.78. The SMILES string of the molecule is CCCCCNC(=O)/C=C\c1cc(OC)ccc1OC. The van der Waals surface area contributed by atoms with E-state index in [1.165, 1.54) is 6.08 Å². The molecule has 0 saturated carbocycles. The van der Waals surface area contributed by atoms with E-state index in [1.807, 2.05) is 18.2 Å². The third kappa shape index (κ3) is 5.34. The summed E-state index contributed by atoms with van der Waals surface area (Å²) in [5.74, 6) is 1.35. The van der Waals surface area contributed by atoms with Crippen LogP contribution in [-0.2, 0) is 4.79 Å². The van der Waals surface area contributed by atoms with Crippen molar-refractivity contribution in [3.8, 4) is 11.5 Å². The first kappa shape index (κ1) is 16.1. The first-order valence-corrected chi connectivity index (χ1v) is 6.89. The van der Waals surface area contributed by atoms with Gasteiger partial charge in [-0.15, -0.1) is 0 Å². The highest BCUT2D eigenvalue weighted by Gasteiger charge is 2.02. The van der Waals surface area contributed by atoms with E-state index in [-0.39, 0.29) is 5.91 Å². The van der Waals surface area contributed by atoms with Gasteiger partial charge in [0.05, 0.1) is 14.2 Å². The van der Waals surface area contributed by atoms with Crippen LogP contribution in [0, 0.1) is 0 Å². The lowest BCUT2D eigenvalue weighted by molar-refractivity contribution is -0.116. The highest BCUT2D eigenvalue weighted by Crippen LogP contribution is 2.24. The van der Waals surface area contributed by atoms with Crippen LogP contribution >= 0.6 is 0 Å². The molecule has 1 N–H and O–H groups in total. The Morgan fingerprint density at radius 1 is 1.25 bits per heavy atom. The van der Waals surface area contributed by atoms with Gasteiger partial charge in [0.15, 0.2) is 0 Å². The summed E-state index contributed by atoms with van der Waals surface area (Å²) >= 11 is 0. The van der Waals surface area contributed by atoms with Crippen LogP contribution in [0.25, 0.3) is 6.08 Å². The molecule has 1 aromatic carbocycles. The van der Waals surface area contributed by atoms with Crippen LogP contribution in [-0.4, -0.2) is 26.7 Å². The monoisotopic (exact) mass is 277 g/mol. The molecule has 0 fully saturated rings. The Balaban J connectivity index is 2.61. The number of hydrogen-bond donors (Lipinski definition) is 1. The maximum atomic E-state index is 11.7. The van der Waals surface area contributed by atoms with Crippen LogP contribution in [0.5, 0.6) is 11.5 Å². The molecule has 0 heterocycles. The Morgan fingerprint density at radius 2 is 2.05 bits per heavy atom. The van der Waals surface area contributed by atoms with E-state index < -0.39 is 0 Å². The minimum absolute atomic E-state index is 0.0917. The van der Waals surface area contributed by atoms with Crippen molar-refractivity contribution in [1.29, 1.82) is 0 Å². The first-order chi connectivity index (χ1) is 9.71. The van der Waals surface area contributed by atoms with Crippen molar-refractivity contribution in [1.82, 2.24) is 5.32 Å². The van der Waals surface area contributed by atoms with E-state index >= 15 is 0 Å². The van der Waals surface area contributed by atoms with Crippen LogP contribution in [0.4, 0.5) is 0 Å². The molecule has 0 atom stereocenters. The smallest absolute Gasteiger partial charge is 0.244 e. The fraction of sp³-hybridized carbons (Fsp3) is 0.438. The Morgan fingerprint density at radius 3 is 2.70 bits per heavy atom. The van der Waals surface area contributed by atoms with Gasteiger partial charge in [-0.1, -0.05) is 19.8 Å². The van der Waals surface area contributed by atoms with E-state index in [2.05, 4.69) is 12.2 Å². The van der Waals surface area contributed by atoms with Crippen molar-refractivity contribution in [3.63, 3.8) is 0 Å². The molecule has 20 heavy (non-hydrogen) atoms. The minimum atomic E-state index is -0.0917. The van der Waals surface area contributed by atoms with Gasteiger partial charge in [0.1, 0.15) is 11.5 Å². The molecule has 0 radical (unpaired) electrons. The molecule has 4 heteroatoms. The highest BCUT2D eigenvalue weighted by molar-refractivity contribution is 5.92. The normalized spacial score (nSPS) is 10.6. The summed E-state index contributed by atoms with van der Waals surface area (Å²) in [5.41, 5.74) is 0.815. The number of carbonyl (C=O) groups excluding carboxylic acids is 1. The third-order valence-electron chi connectivity index (χ3n) is 2.93. The molecule has 0 saturated heterocycles. The second kappa shape index (κ2) is 9.02. The Kier molecular flexibility index (Phi) is 7.25. The van der Waals surface area contributed by atoms with Crippen molar-refractivity contribution in [2.24, 2.45) is 0 Å². The third-order valence-corrected chi connectivity index (χ3v) is 2.93. The maximum Gasteiger partial charge on any atom is 0.244 e. The second-order valence-corrected chi connectivity index (χ2v) is 4.44. The molecule has 0 aliphatic carbocycles. The molecule has 0 aliphatic rings. The molecule has 0 bridgehead atoms. The first-order valence-electron chi connectivity index (χ1n) is 6.89. The van der Waals surface area contributed by atoms with Crippen LogP contribution in [0.3, 0.4) is 0 Å². The maximum absolute atomic E-state index is 11.7. The summed E-state index contributed by atoms with van der Waals surface area (Å²) in [4.78, 5) is 11.7. The van der Waals surface area contributed by atoms with Crippen LogP contribution in [0.1, 0.15) is 31.7 Å². The average Bonchev–Trinajstić information content (AvgIpc) is 2.49. The molecule has 0 unspecified atom stereocenters. The van der Waals surface area contributed by atoms with Gasteiger partial charge in [-0.2, -0.15) is 0 Å². The number of amides is 1.